The molecule has 8 nitrogen and oxygen atoms in total. The number of fused-ring (bicyclic) bond motifs is 1. The minimum absolute atomic E-state index is 0.182. The first-order valence-corrected chi connectivity index (χ1v) is 10.0. The molecule has 4 aromatic rings. The third kappa shape index (κ3) is 4.15. The molecular weight excluding hydrogens is 404 g/mol. The van der Waals surface area contributed by atoms with E-state index >= 15 is 0 Å². The van der Waals surface area contributed by atoms with Crippen molar-refractivity contribution < 1.29 is 14.3 Å². The van der Waals surface area contributed by atoms with Crippen LogP contribution in [0.15, 0.2) is 53.3 Å². The molecule has 30 heavy (non-hydrogen) atoms. The fourth-order valence-electron chi connectivity index (χ4n) is 2.79. The van der Waals surface area contributed by atoms with Gasteiger partial charge in [0.25, 0.3) is 11.5 Å². The molecule has 0 aliphatic rings. The van der Waals surface area contributed by atoms with Gasteiger partial charge in [-0.1, -0.05) is 23.5 Å². The molecule has 0 unspecified atom stereocenters. The molecule has 0 radical (unpaired) electrons. The van der Waals surface area contributed by atoms with Crippen LogP contribution in [0, 0.1) is 0 Å². The summed E-state index contributed by atoms with van der Waals surface area (Å²) in [5, 5.41) is 4.35. The smallest absolute Gasteiger partial charge is 0.291 e. The number of benzene rings is 2. The number of amides is 1. The average molecular weight is 422 g/mol. The lowest BCUT2D eigenvalue weighted by molar-refractivity contribution is -0.119. The quantitative estimate of drug-likeness (QED) is 0.485. The number of nitrogens with zero attached hydrogens (tertiary/aromatic N) is 3. The average Bonchev–Trinajstić information content (AvgIpc) is 3.28. The summed E-state index contributed by atoms with van der Waals surface area (Å²) in [6.45, 7) is 2.34. The SMILES string of the molecule is CCOc1ccc(-c2nc3sc(=Cc4ccc(OCC(N)=O)cc4)c(=O)n3n2)cc1. The fourth-order valence-corrected chi connectivity index (χ4v) is 3.70. The summed E-state index contributed by atoms with van der Waals surface area (Å²) >= 11 is 1.27. The van der Waals surface area contributed by atoms with Crippen LogP contribution < -0.4 is 25.3 Å². The number of thiazole rings is 1. The van der Waals surface area contributed by atoms with Crippen LogP contribution in [0.2, 0.25) is 0 Å². The maximum Gasteiger partial charge on any atom is 0.291 e. The number of hydrogen-bond acceptors (Lipinski definition) is 7. The van der Waals surface area contributed by atoms with E-state index in [0.29, 0.717) is 27.7 Å². The molecule has 2 aromatic heterocycles. The molecule has 0 saturated heterocycles. The first-order valence-electron chi connectivity index (χ1n) is 9.19. The zero-order valence-electron chi connectivity index (χ0n) is 16.1. The summed E-state index contributed by atoms with van der Waals surface area (Å²) in [4.78, 5) is 28.5. The van der Waals surface area contributed by atoms with Crippen LogP contribution in [0.5, 0.6) is 11.5 Å². The van der Waals surface area contributed by atoms with Crippen LogP contribution in [-0.4, -0.2) is 33.7 Å². The molecule has 0 saturated carbocycles. The topological polar surface area (TPSA) is 109 Å². The summed E-state index contributed by atoms with van der Waals surface area (Å²) in [7, 11) is 0. The highest BCUT2D eigenvalue weighted by Crippen LogP contribution is 2.20. The van der Waals surface area contributed by atoms with Crippen molar-refractivity contribution in [1.29, 1.82) is 0 Å². The number of hydrogen-bond donors (Lipinski definition) is 1. The van der Waals surface area contributed by atoms with E-state index in [4.69, 9.17) is 15.2 Å². The van der Waals surface area contributed by atoms with Crippen molar-refractivity contribution >= 4 is 28.3 Å². The van der Waals surface area contributed by atoms with Gasteiger partial charge in [0.15, 0.2) is 12.4 Å². The molecule has 0 atom stereocenters. The standard InChI is InChI=1S/C21H18N4O4S/c1-2-28-15-9-5-14(6-10-15)19-23-21-25(24-19)20(27)17(30-21)11-13-3-7-16(8-4-13)29-12-18(22)26/h3-11H,2,12H2,1H3,(H2,22,26). The lowest BCUT2D eigenvalue weighted by atomic mass is 10.2. The van der Waals surface area contributed by atoms with Gasteiger partial charge in [-0.25, -0.2) is 0 Å². The molecule has 0 aliphatic carbocycles. The lowest BCUT2D eigenvalue weighted by Gasteiger charge is -2.03. The van der Waals surface area contributed by atoms with Gasteiger partial charge in [-0.3, -0.25) is 9.59 Å². The Morgan fingerprint density at radius 2 is 1.77 bits per heavy atom. The van der Waals surface area contributed by atoms with E-state index in [1.807, 2.05) is 31.2 Å². The highest BCUT2D eigenvalue weighted by Gasteiger charge is 2.12. The van der Waals surface area contributed by atoms with Crippen molar-refractivity contribution in [3.05, 3.63) is 69.0 Å². The second kappa shape index (κ2) is 8.34. The molecule has 0 fully saturated rings. The second-order valence-corrected chi connectivity index (χ2v) is 7.34. The number of aromatic nitrogens is 3. The monoisotopic (exact) mass is 422 g/mol. The number of ether oxygens (including phenoxy) is 2. The predicted molar refractivity (Wildman–Crippen MR) is 114 cm³/mol. The van der Waals surface area contributed by atoms with Crippen LogP contribution in [0.3, 0.4) is 0 Å². The van der Waals surface area contributed by atoms with Gasteiger partial charge in [0.05, 0.1) is 11.1 Å². The van der Waals surface area contributed by atoms with Crippen LogP contribution >= 0.6 is 11.3 Å². The molecule has 152 valence electrons. The zero-order valence-corrected chi connectivity index (χ0v) is 16.9. The maximum atomic E-state index is 12.7. The Balaban J connectivity index is 1.59. The van der Waals surface area contributed by atoms with Gasteiger partial charge < -0.3 is 15.2 Å². The van der Waals surface area contributed by atoms with Crippen molar-refractivity contribution in [2.24, 2.45) is 5.73 Å². The van der Waals surface area contributed by atoms with Crippen LogP contribution in [-0.2, 0) is 4.79 Å². The Bertz CT molecular complexity index is 1290. The Morgan fingerprint density at radius 3 is 2.40 bits per heavy atom. The molecule has 0 aliphatic heterocycles. The van der Waals surface area contributed by atoms with Crippen LogP contribution in [0.1, 0.15) is 12.5 Å². The fraction of sp³-hybridized carbons (Fsp3) is 0.143. The summed E-state index contributed by atoms with van der Waals surface area (Å²) in [6, 6.07) is 14.4. The minimum atomic E-state index is -0.541. The summed E-state index contributed by atoms with van der Waals surface area (Å²) in [6.07, 6.45) is 1.76. The Labute approximate surface area is 175 Å². The Kier molecular flexibility index (Phi) is 5.44. The van der Waals surface area contributed by atoms with Crippen molar-refractivity contribution in [3.63, 3.8) is 0 Å². The minimum Gasteiger partial charge on any atom is -0.494 e. The number of nitrogens with two attached hydrogens (primary N) is 1. The Morgan fingerprint density at radius 1 is 1.10 bits per heavy atom. The molecule has 2 N–H and O–H groups in total. The number of carbonyl (C=O) groups is 1. The molecule has 0 bridgehead atoms. The molecule has 0 spiro atoms. The summed E-state index contributed by atoms with van der Waals surface area (Å²) in [5.74, 6) is 1.25. The van der Waals surface area contributed by atoms with Crippen LogP contribution in [0.4, 0.5) is 0 Å². The normalized spacial score (nSPS) is 11.7. The first-order chi connectivity index (χ1) is 14.5. The maximum absolute atomic E-state index is 12.7. The third-order valence-electron chi connectivity index (χ3n) is 4.16. The van der Waals surface area contributed by atoms with Gasteiger partial charge in [-0.05, 0) is 55.0 Å². The van der Waals surface area contributed by atoms with Crippen molar-refractivity contribution in [1.82, 2.24) is 14.6 Å². The third-order valence-corrected chi connectivity index (χ3v) is 5.12. The van der Waals surface area contributed by atoms with E-state index in [-0.39, 0.29) is 12.2 Å². The van der Waals surface area contributed by atoms with E-state index in [0.717, 1.165) is 16.9 Å². The zero-order chi connectivity index (χ0) is 21.1. The van der Waals surface area contributed by atoms with E-state index in [2.05, 4.69) is 10.1 Å². The van der Waals surface area contributed by atoms with E-state index in [1.54, 1.807) is 30.3 Å². The van der Waals surface area contributed by atoms with E-state index < -0.39 is 5.91 Å². The predicted octanol–water partition coefficient (Wildman–Crippen LogP) is 1.63. The van der Waals surface area contributed by atoms with Gasteiger partial charge in [0.2, 0.25) is 4.96 Å². The molecule has 2 aromatic carbocycles. The largest absolute Gasteiger partial charge is 0.494 e. The van der Waals surface area contributed by atoms with Crippen molar-refractivity contribution in [3.8, 4) is 22.9 Å². The molecule has 1 amide bonds. The van der Waals surface area contributed by atoms with Gasteiger partial charge in [-0.15, -0.1) is 5.10 Å². The second-order valence-electron chi connectivity index (χ2n) is 6.33. The Hall–Kier alpha value is -3.72. The lowest BCUT2D eigenvalue weighted by Crippen LogP contribution is -2.23. The number of rotatable bonds is 7. The van der Waals surface area contributed by atoms with Gasteiger partial charge in [-0.2, -0.15) is 9.50 Å². The first kappa shape index (κ1) is 19.6. The highest BCUT2D eigenvalue weighted by molar-refractivity contribution is 7.15. The van der Waals surface area contributed by atoms with E-state index in [9.17, 15) is 9.59 Å². The molecule has 9 heteroatoms. The molecular formula is C21H18N4O4S. The summed E-state index contributed by atoms with van der Waals surface area (Å²) < 4.78 is 12.5. The van der Waals surface area contributed by atoms with Crippen molar-refractivity contribution in [2.45, 2.75) is 6.92 Å². The van der Waals surface area contributed by atoms with Crippen LogP contribution in [0.25, 0.3) is 22.4 Å². The number of primary amides is 1. The van der Waals surface area contributed by atoms with E-state index in [1.165, 1.54) is 15.9 Å². The van der Waals surface area contributed by atoms with Gasteiger partial charge in [0, 0.05) is 5.56 Å². The highest BCUT2D eigenvalue weighted by atomic mass is 32.1. The van der Waals surface area contributed by atoms with Gasteiger partial charge >= 0.3 is 0 Å². The van der Waals surface area contributed by atoms with Gasteiger partial charge in [0.1, 0.15) is 11.5 Å². The molecule has 2 heterocycles. The molecule has 4 rings (SSSR count). The van der Waals surface area contributed by atoms with Crippen molar-refractivity contribution in [2.75, 3.05) is 13.2 Å². The number of carbonyl (C=O) groups excluding carboxylic acids is 1. The summed E-state index contributed by atoms with van der Waals surface area (Å²) in [5.41, 5.74) is 6.46.